The van der Waals surface area contributed by atoms with E-state index in [-0.39, 0.29) is 0 Å². The Morgan fingerprint density at radius 2 is 2.38 bits per heavy atom. The van der Waals surface area contributed by atoms with Gasteiger partial charge in [-0.3, -0.25) is 0 Å². The highest BCUT2D eigenvalue weighted by molar-refractivity contribution is 9.11. The fraction of sp³-hybridized carbons (Fsp3) is 0.625. The smallest absolute Gasteiger partial charge is 0.183 e. The van der Waals surface area contributed by atoms with Crippen LogP contribution in [-0.4, -0.2) is 36.6 Å². The predicted octanol–water partition coefficient (Wildman–Crippen LogP) is 2.27. The lowest BCUT2D eigenvalue weighted by atomic mass is 10.3. The van der Waals surface area contributed by atoms with Crippen LogP contribution < -0.4 is 5.32 Å². The molecule has 1 atom stereocenters. The Hall–Kier alpha value is -0.130. The van der Waals surface area contributed by atoms with E-state index in [1.165, 1.54) is 0 Å². The summed E-state index contributed by atoms with van der Waals surface area (Å²) < 4.78 is 1.06. The molecule has 1 aromatic heterocycles. The molecule has 0 bridgehead atoms. The summed E-state index contributed by atoms with van der Waals surface area (Å²) in [7, 11) is 4.13. The second-order valence-electron chi connectivity index (χ2n) is 3.28. The summed E-state index contributed by atoms with van der Waals surface area (Å²) in [4.78, 5) is 6.36. The molecule has 0 fully saturated rings. The van der Waals surface area contributed by atoms with E-state index < -0.39 is 0 Å². The SMILES string of the molecule is C[C@@H](CN(C)C)Nc1ncc(Br)s1. The standard InChI is InChI=1S/C8H14BrN3S/c1-6(5-12(2)3)11-8-10-4-7(9)13-8/h4,6H,5H2,1-3H3,(H,10,11)/t6-/m0/s1. The third kappa shape index (κ3) is 4.06. The van der Waals surface area contributed by atoms with E-state index in [0.29, 0.717) is 6.04 Å². The van der Waals surface area contributed by atoms with Gasteiger partial charge in [0.25, 0.3) is 0 Å². The molecule has 0 aliphatic carbocycles. The summed E-state index contributed by atoms with van der Waals surface area (Å²) in [5.74, 6) is 0. The highest BCUT2D eigenvalue weighted by Gasteiger charge is 2.05. The van der Waals surface area contributed by atoms with Gasteiger partial charge in [0.2, 0.25) is 0 Å². The summed E-state index contributed by atoms with van der Waals surface area (Å²) in [5.41, 5.74) is 0. The van der Waals surface area contributed by atoms with Crippen LogP contribution in [0.3, 0.4) is 0 Å². The molecule has 13 heavy (non-hydrogen) atoms. The van der Waals surface area contributed by atoms with Crippen LogP contribution in [0.1, 0.15) is 6.92 Å². The van der Waals surface area contributed by atoms with Gasteiger partial charge in [-0.15, -0.1) is 0 Å². The van der Waals surface area contributed by atoms with E-state index in [1.54, 1.807) is 11.3 Å². The molecule has 0 aliphatic heterocycles. The molecule has 0 aliphatic rings. The van der Waals surface area contributed by atoms with Crippen molar-refractivity contribution in [2.75, 3.05) is 26.0 Å². The number of thiazole rings is 1. The van der Waals surface area contributed by atoms with Gasteiger partial charge in [-0.2, -0.15) is 0 Å². The van der Waals surface area contributed by atoms with Gasteiger partial charge in [-0.25, -0.2) is 4.98 Å². The van der Waals surface area contributed by atoms with Crippen LogP contribution in [0.4, 0.5) is 5.13 Å². The molecular weight excluding hydrogens is 250 g/mol. The van der Waals surface area contributed by atoms with Crippen molar-refractivity contribution < 1.29 is 0 Å². The van der Waals surface area contributed by atoms with Gasteiger partial charge in [-0.05, 0) is 36.9 Å². The molecule has 1 N–H and O–H groups in total. The second-order valence-corrected chi connectivity index (χ2v) is 5.69. The van der Waals surface area contributed by atoms with Crippen molar-refractivity contribution in [3.8, 4) is 0 Å². The van der Waals surface area contributed by atoms with Gasteiger partial charge in [-0.1, -0.05) is 11.3 Å². The summed E-state index contributed by atoms with van der Waals surface area (Å²) >= 11 is 5.00. The van der Waals surface area contributed by atoms with E-state index >= 15 is 0 Å². The Morgan fingerprint density at radius 3 is 2.85 bits per heavy atom. The molecule has 1 heterocycles. The number of hydrogen-bond donors (Lipinski definition) is 1. The first-order valence-electron chi connectivity index (χ1n) is 4.10. The second kappa shape index (κ2) is 4.93. The fourth-order valence-corrected chi connectivity index (χ4v) is 2.34. The van der Waals surface area contributed by atoms with Crippen molar-refractivity contribution >= 4 is 32.4 Å². The van der Waals surface area contributed by atoms with Gasteiger partial charge >= 0.3 is 0 Å². The molecular formula is C8H14BrN3S. The van der Waals surface area contributed by atoms with E-state index in [4.69, 9.17) is 0 Å². The Morgan fingerprint density at radius 1 is 1.69 bits per heavy atom. The lowest BCUT2D eigenvalue weighted by molar-refractivity contribution is 0.392. The van der Waals surface area contributed by atoms with Gasteiger partial charge in [0.05, 0.1) is 9.98 Å². The van der Waals surface area contributed by atoms with Gasteiger partial charge in [0, 0.05) is 12.6 Å². The Labute approximate surface area is 91.3 Å². The van der Waals surface area contributed by atoms with Gasteiger partial charge < -0.3 is 10.2 Å². The maximum Gasteiger partial charge on any atom is 0.183 e. The molecule has 3 nitrogen and oxygen atoms in total. The van der Waals surface area contributed by atoms with Crippen molar-refractivity contribution in [2.24, 2.45) is 0 Å². The minimum atomic E-state index is 0.424. The van der Waals surface area contributed by atoms with Crippen molar-refractivity contribution in [3.63, 3.8) is 0 Å². The fourth-order valence-electron chi connectivity index (χ4n) is 1.13. The summed E-state index contributed by atoms with van der Waals surface area (Å²) in [6.07, 6.45) is 1.81. The predicted molar refractivity (Wildman–Crippen MR) is 61.5 cm³/mol. The Bertz CT molecular complexity index is 262. The van der Waals surface area contributed by atoms with Crippen LogP contribution in [0.25, 0.3) is 0 Å². The Balaban J connectivity index is 2.40. The molecule has 5 heteroatoms. The van der Waals surface area contributed by atoms with Crippen molar-refractivity contribution in [1.29, 1.82) is 0 Å². The molecule has 0 saturated carbocycles. The number of halogens is 1. The molecule has 0 amide bonds. The topological polar surface area (TPSA) is 28.2 Å². The largest absolute Gasteiger partial charge is 0.358 e. The maximum atomic E-state index is 4.21. The van der Waals surface area contributed by atoms with Gasteiger partial charge in [0.1, 0.15) is 0 Å². The zero-order valence-electron chi connectivity index (χ0n) is 8.04. The molecule has 1 aromatic rings. The lowest BCUT2D eigenvalue weighted by Gasteiger charge is -2.17. The van der Waals surface area contributed by atoms with Crippen molar-refractivity contribution in [2.45, 2.75) is 13.0 Å². The molecule has 0 saturated heterocycles. The average Bonchev–Trinajstić information content (AvgIpc) is 2.33. The number of anilines is 1. The lowest BCUT2D eigenvalue weighted by Crippen LogP contribution is -2.29. The van der Waals surface area contributed by atoms with Crippen LogP contribution in [0.2, 0.25) is 0 Å². The Kier molecular flexibility index (Phi) is 4.15. The van der Waals surface area contributed by atoms with E-state index in [9.17, 15) is 0 Å². The molecule has 0 aromatic carbocycles. The van der Waals surface area contributed by atoms with E-state index in [1.807, 2.05) is 6.20 Å². The first-order valence-corrected chi connectivity index (χ1v) is 5.71. The molecule has 0 spiro atoms. The van der Waals surface area contributed by atoms with Crippen LogP contribution in [-0.2, 0) is 0 Å². The maximum absolute atomic E-state index is 4.21. The number of likely N-dealkylation sites (N-methyl/N-ethyl adjacent to an activating group) is 1. The summed E-state index contributed by atoms with van der Waals surface area (Å²) in [5, 5.41) is 4.30. The highest BCUT2D eigenvalue weighted by Crippen LogP contribution is 2.23. The number of nitrogens with zero attached hydrogens (tertiary/aromatic N) is 2. The molecule has 0 radical (unpaired) electrons. The average molecular weight is 264 g/mol. The van der Waals surface area contributed by atoms with E-state index in [2.05, 4.69) is 52.1 Å². The minimum Gasteiger partial charge on any atom is -0.358 e. The quantitative estimate of drug-likeness (QED) is 0.904. The minimum absolute atomic E-state index is 0.424. The van der Waals surface area contributed by atoms with Crippen LogP contribution in [0.5, 0.6) is 0 Å². The zero-order valence-corrected chi connectivity index (χ0v) is 10.4. The highest BCUT2D eigenvalue weighted by atomic mass is 79.9. The summed E-state index contributed by atoms with van der Waals surface area (Å²) in [6.45, 7) is 3.16. The van der Waals surface area contributed by atoms with Crippen molar-refractivity contribution in [3.05, 3.63) is 9.98 Å². The first-order chi connectivity index (χ1) is 6.08. The number of nitrogens with one attached hydrogen (secondary N) is 1. The third-order valence-electron chi connectivity index (χ3n) is 1.49. The van der Waals surface area contributed by atoms with Crippen LogP contribution >= 0.6 is 27.3 Å². The summed E-state index contributed by atoms with van der Waals surface area (Å²) in [6, 6.07) is 0.424. The first kappa shape index (κ1) is 10.9. The van der Waals surface area contributed by atoms with Crippen LogP contribution in [0.15, 0.2) is 9.98 Å². The molecule has 0 unspecified atom stereocenters. The van der Waals surface area contributed by atoms with Gasteiger partial charge in [0.15, 0.2) is 5.13 Å². The normalized spacial score (nSPS) is 13.3. The molecule has 74 valence electrons. The van der Waals surface area contributed by atoms with Crippen molar-refractivity contribution in [1.82, 2.24) is 9.88 Å². The zero-order chi connectivity index (χ0) is 9.84. The molecule has 1 rings (SSSR count). The monoisotopic (exact) mass is 263 g/mol. The number of hydrogen-bond acceptors (Lipinski definition) is 4. The third-order valence-corrected chi connectivity index (χ3v) is 2.89. The van der Waals surface area contributed by atoms with Crippen LogP contribution in [0, 0.1) is 0 Å². The number of aromatic nitrogens is 1. The number of rotatable bonds is 4. The van der Waals surface area contributed by atoms with E-state index in [0.717, 1.165) is 15.5 Å².